The monoisotopic (exact) mass is 229 g/mol. The Hall–Kier alpha value is -0.650. The van der Waals surface area contributed by atoms with E-state index in [1.165, 1.54) is 11.3 Å². The minimum Gasteiger partial charge on any atom is -0.327 e. The maximum atomic E-state index is 10.8. The number of hydrogen-bond acceptors (Lipinski definition) is 4. The van der Waals surface area contributed by atoms with Crippen LogP contribution < -0.4 is 15.9 Å². The molecule has 0 saturated heterocycles. The van der Waals surface area contributed by atoms with Gasteiger partial charge in [-0.15, -0.1) is 0 Å². The Balaban J connectivity index is 2.19. The second-order valence-electron chi connectivity index (χ2n) is 4.19. The van der Waals surface area contributed by atoms with Crippen molar-refractivity contribution in [2.75, 3.05) is 6.54 Å². The molecule has 0 aliphatic heterocycles. The molecule has 0 amide bonds. The summed E-state index contributed by atoms with van der Waals surface area (Å²) < 4.78 is 0. The third kappa shape index (κ3) is 5.11. The van der Waals surface area contributed by atoms with E-state index in [0.717, 1.165) is 18.7 Å². The van der Waals surface area contributed by atoms with Crippen molar-refractivity contribution in [2.45, 2.75) is 32.9 Å². The molecule has 0 aliphatic carbocycles. The normalized spacial score (nSPS) is 13.3. The van der Waals surface area contributed by atoms with Gasteiger partial charge in [-0.05, 0) is 12.3 Å². The summed E-state index contributed by atoms with van der Waals surface area (Å²) in [5, 5.41) is 5.07. The van der Waals surface area contributed by atoms with Gasteiger partial charge in [0, 0.05) is 30.2 Å². The van der Waals surface area contributed by atoms with Crippen molar-refractivity contribution in [1.82, 2.24) is 10.3 Å². The Kier molecular flexibility index (Phi) is 5.01. The molecular weight excluding hydrogens is 210 g/mol. The minimum atomic E-state index is -0.00159. The number of aromatic amines is 1. The predicted octanol–water partition coefficient (Wildman–Crippen LogP) is 0.899. The quantitative estimate of drug-likeness (QED) is 0.678. The summed E-state index contributed by atoms with van der Waals surface area (Å²) in [5.74, 6) is 0.628. The summed E-state index contributed by atoms with van der Waals surface area (Å²) in [6, 6.07) is 0.190. The predicted molar refractivity (Wildman–Crippen MR) is 64.1 cm³/mol. The molecule has 15 heavy (non-hydrogen) atoms. The highest BCUT2D eigenvalue weighted by Gasteiger charge is 2.05. The van der Waals surface area contributed by atoms with Crippen LogP contribution in [0.5, 0.6) is 0 Å². The topological polar surface area (TPSA) is 70.9 Å². The van der Waals surface area contributed by atoms with E-state index in [0.29, 0.717) is 12.5 Å². The summed E-state index contributed by atoms with van der Waals surface area (Å²) in [6.07, 6.45) is 1.02. The number of hydrogen-bond donors (Lipinski definition) is 3. The van der Waals surface area contributed by atoms with E-state index in [1.807, 2.05) is 5.38 Å². The van der Waals surface area contributed by atoms with Gasteiger partial charge < -0.3 is 16.0 Å². The fraction of sp³-hybridized carbons (Fsp3) is 0.700. The third-order valence-corrected chi connectivity index (χ3v) is 2.79. The molecule has 0 saturated carbocycles. The van der Waals surface area contributed by atoms with Gasteiger partial charge in [0.15, 0.2) is 0 Å². The zero-order chi connectivity index (χ0) is 11.3. The van der Waals surface area contributed by atoms with E-state index in [2.05, 4.69) is 24.1 Å². The number of thiazole rings is 1. The Labute approximate surface area is 93.9 Å². The molecule has 86 valence electrons. The van der Waals surface area contributed by atoms with Gasteiger partial charge in [-0.1, -0.05) is 25.2 Å². The van der Waals surface area contributed by atoms with Crippen LogP contribution in [0, 0.1) is 5.92 Å². The first kappa shape index (κ1) is 12.4. The van der Waals surface area contributed by atoms with E-state index in [9.17, 15) is 4.79 Å². The fourth-order valence-electron chi connectivity index (χ4n) is 1.48. The highest BCUT2D eigenvalue weighted by Crippen LogP contribution is 2.02. The number of H-pyrrole nitrogens is 1. The van der Waals surface area contributed by atoms with Gasteiger partial charge in [0.2, 0.25) is 0 Å². The summed E-state index contributed by atoms with van der Waals surface area (Å²) in [4.78, 5) is 13.6. The van der Waals surface area contributed by atoms with E-state index in [4.69, 9.17) is 5.73 Å². The van der Waals surface area contributed by atoms with Crippen molar-refractivity contribution in [1.29, 1.82) is 0 Å². The van der Waals surface area contributed by atoms with Crippen LogP contribution in [0.3, 0.4) is 0 Å². The molecule has 0 aliphatic rings. The van der Waals surface area contributed by atoms with Crippen LogP contribution in [0.25, 0.3) is 0 Å². The van der Waals surface area contributed by atoms with Crippen LogP contribution in [0.4, 0.5) is 0 Å². The van der Waals surface area contributed by atoms with Crippen molar-refractivity contribution in [3.63, 3.8) is 0 Å². The van der Waals surface area contributed by atoms with E-state index >= 15 is 0 Å². The summed E-state index contributed by atoms with van der Waals surface area (Å²) in [5.41, 5.74) is 6.84. The summed E-state index contributed by atoms with van der Waals surface area (Å²) in [7, 11) is 0. The number of rotatable bonds is 6. The Bertz CT molecular complexity index is 331. The standard InChI is InChI=1S/C10H19N3OS/c1-7(2)3-8(11)4-12-5-9-6-15-10(14)13-9/h6-8,12H,3-5,11H2,1-2H3,(H,13,14). The molecule has 0 fully saturated rings. The zero-order valence-electron chi connectivity index (χ0n) is 9.25. The second-order valence-corrected chi connectivity index (χ2v) is 5.04. The highest BCUT2D eigenvalue weighted by atomic mass is 32.1. The lowest BCUT2D eigenvalue weighted by molar-refractivity contribution is 0.466. The van der Waals surface area contributed by atoms with Crippen LogP contribution in [0.15, 0.2) is 10.2 Å². The van der Waals surface area contributed by atoms with Crippen LogP contribution in [0.1, 0.15) is 26.0 Å². The van der Waals surface area contributed by atoms with Gasteiger partial charge in [0.05, 0.1) is 0 Å². The average Bonchev–Trinajstić information content (AvgIpc) is 2.50. The number of aromatic nitrogens is 1. The van der Waals surface area contributed by atoms with E-state index in [1.54, 1.807) is 0 Å². The lowest BCUT2D eigenvalue weighted by Crippen LogP contribution is -2.34. The first-order valence-electron chi connectivity index (χ1n) is 5.21. The maximum Gasteiger partial charge on any atom is 0.304 e. The smallest absolute Gasteiger partial charge is 0.304 e. The van der Waals surface area contributed by atoms with Crippen LogP contribution in [0.2, 0.25) is 0 Å². The fourth-order valence-corrected chi connectivity index (χ4v) is 2.06. The van der Waals surface area contributed by atoms with Crippen molar-refractivity contribution in [3.05, 3.63) is 20.7 Å². The van der Waals surface area contributed by atoms with Crippen LogP contribution in [-0.4, -0.2) is 17.6 Å². The average molecular weight is 229 g/mol. The maximum absolute atomic E-state index is 10.8. The molecule has 1 aromatic rings. The van der Waals surface area contributed by atoms with Crippen molar-refractivity contribution in [3.8, 4) is 0 Å². The van der Waals surface area contributed by atoms with Gasteiger partial charge in [-0.25, -0.2) is 0 Å². The number of nitrogens with two attached hydrogens (primary N) is 1. The van der Waals surface area contributed by atoms with E-state index < -0.39 is 0 Å². The SMILES string of the molecule is CC(C)CC(N)CNCc1csc(=O)[nH]1. The molecule has 1 unspecified atom stereocenters. The lowest BCUT2D eigenvalue weighted by atomic mass is 10.0. The van der Waals surface area contributed by atoms with Gasteiger partial charge in [0.25, 0.3) is 0 Å². The lowest BCUT2D eigenvalue weighted by Gasteiger charge is -2.14. The largest absolute Gasteiger partial charge is 0.327 e. The molecule has 0 bridgehead atoms. The van der Waals surface area contributed by atoms with Crippen LogP contribution >= 0.6 is 11.3 Å². The first-order chi connectivity index (χ1) is 7.08. The molecule has 0 radical (unpaired) electrons. The highest BCUT2D eigenvalue weighted by molar-refractivity contribution is 7.07. The van der Waals surface area contributed by atoms with Crippen molar-refractivity contribution in [2.24, 2.45) is 11.7 Å². The Morgan fingerprint density at radius 1 is 1.60 bits per heavy atom. The Morgan fingerprint density at radius 2 is 2.33 bits per heavy atom. The van der Waals surface area contributed by atoms with Crippen LogP contribution in [-0.2, 0) is 6.54 Å². The second kappa shape index (κ2) is 6.05. The molecule has 4 N–H and O–H groups in total. The summed E-state index contributed by atoms with van der Waals surface area (Å²) >= 11 is 1.19. The van der Waals surface area contributed by atoms with Gasteiger partial charge in [-0.2, -0.15) is 0 Å². The van der Waals surface area contributed by atoms with Gasteiger partial charge >= 0.3 is 4.87 Å². The molecular formula is C10H19N3OS. The van der Waals surface area contributed by atoms with Gasteiger partial charge in [0.1, 0.15) is 0 Å². The first-order valence-corrected chi connectivity index (χ1v) is 6.09. The molecule has 5 heteroatoms. The molecule has 1 aromatic heterocycles. The summed E-state index contributed by atoms with van der Waals surface area (Å²) in [6.45, 7) is 5.80. The van der Waals surface area contributed by atoms with Crippen molar-refractivity contribution < 1.29 is 0 Å². The van der Waals surface area contributed by atoms with E-state index in [-0.39, 0.29) is 10.9 Å². The molecule has 0 spiro atoms. The molecule has 0 aromatic carbocycles. The van der Waals surface area contributed by atoms with Crippen molar-refractivity contribution >= 4 is 11.3 Å². The number of nitrogens with one attached hydrogen (secondary N) is 2. The molecule has 1 rings (SSSR count). The van der Waals surface area contributed by atoms with Gasteiger partial charge in [-0.3, -0.25) is 4.79 Å². The molecule has 1 heterocycles. The molecule has 4 nitrogen and oxygen atoms in total. The third-order valence-electron chi connectivity index (χ3n) is 2.07. The minimum absolute atomic E-state index is 0.00159. The molecule has 1 atom stereocenters. The zero-order valence-corrected chi connectivity index (χ0v) is 10.1. The Morgan fingerprint density at radius 3 is 2.87 bits per heavy atom.